The van der Waals surface area contributed by atoms with Gasteiger partial charge < -0.3 is 9.47 Å². The number of amides is 1. The average Bonchev–Trinajstić information content (AvgIpc) is 2.80. The van der Waals surface area contributed by atoms with Crippen molar-refractivity contribution in [2.45, 2.75) is 59.2 Å². The quantitative estimate of drug-likeness (QED) is 0.608. The number of rotatable bonds is 2. The molecule has 1 aliphatic rings. The Kier molecular flexibility index (Phi) is 4.87. The van der Waals surface area contributed by atoms with Gasteiger partial charge in [0.25, 0.3) is 0 Å². The Morgan fingerprint density at radius 2 is 2.04 bits per heavy atom. The van der Waals surface area contributed by atoms with Gasteiger partial charge in [-0.3, -0.25) is 0 Å². The van der Waals surface area contributed by atoms with E-state index in [1.807, 2.05) is 33.9 Å². The largest absolute Gasteiger partial charge is 0.516 e. The number of carbonyl (C=O) groups excluding carboxylic acids is 2. The van der Waals surface area contributed by atoms with Gasteiger partial charge in [0.1, 0.15) is 23.1 Å². The van der Waals surface area contributed by atoms with Gasteiger partial charge in [0.15, 0.2) is 0 Å². The van der Waals surface area contributed by atoms with Crippen molar-refractivity contribution in [3.63, 3.8) is 0 Å². The normalized spacial score (nSPS) is 24.0. The molecule has 2 heterocycles. The average molecular weight is 340 g/mol. The maximum absolute atomic E-state index is 12.7. The lowest BCUT2D eigenvalue weighted by molar-refractivity contribution is -0.877. The number of likely N-dealkylation sites (N-methyl/N-ethyl adjacent to an activating group) is 1. The number of thiophene rings is 1. The van der Waals surface area contributed by atoms with E-state index in [4.69, 9.17) is 9.47 Å². The number of quaternary nitrogens is 1. The molecule has 0 aromatic carbocycles. The van der Waals surface area contributed by atoms with Crippen molar-refractivity contribution in [2.24, 2.45) is 0 Å². The Labute approximate surface area is 141 Å². The van der Waals surface area contributed by atoms with Gasteiger partial charge in [0.2, 0.25) is 0 Å². The summed E-state index contributed by atoms with van der Waals surface area (Å²) in [5, 5.41) is 0. The summed E-state index contributed by atoms with van der Waals surface area (Å²) in [6, 6.07) is 1.97. The Balaban J connectivity index is 2.26. The molecule has 23 heavy (non-hydrogen) atoms. The minimum atomic E-state index is -0.511. The monoisotopic (exact) mass is 340 g/mol. The lowest BCUT2D eigenvalue weighted by Crippen LogP contribution is -2.58. The third kappa shape index (κ3) is 3.75. The van der Waals surface area contributed by atoms with Gasteiger partial charge in [-0.05, 0) is 40.7 Å². The van der Waals surface area contributed by atoms with E-state index in [-0.39, 0.29) is 22.6 Å². The number of hydrogen-bond acceptors (Lipinski definition) is 5. The van der Waals surface area contributed by atoms with E-state index >= 15 is 0 Å². The fourth-order valence-corrected chi connectivity index (χ4v) is 3.85. The van der Waals surface area contributed by atoms with E-state index in [2.05, 4.69) is 6.92 Å². The predicted molar refractivity (Wildman–Crippen MR) is 89.6 cm³/mol. The van der Waals surface area contributed by atoms with Crippen molar-refractivity contribution in [3.8, 4) is 0 Å². The summed E-state index contributed by atoms with van der Waals surface area (Å²) in [6.45, 7) is 10.4. The second-order valence-electron chi connectivity index (χ2n) is 7.24. The molecule has 0 aliphatic carbocycles. The fourth-order valence-electron chi connectivity index (χ4n) is 2.67. The second kappa shape index (κ2) is 6.24. The topological polar surface area (TPSA) is 52.6 Å². The van der Waals surface area contributed by atoms with Crippen molar-refractivity contribution >= 4 is 23.4 Å². The highest BCUT2D eigenvalue weighted by Crippen LogP contribution is 2.35. The third-order valence-corrected chi connectivity index (χ3v) is 5.32. The molecule has 5 nitrogen and oxygen atoms in total. The summed E-state index contributed by atoms with van der Waals surface area (Å²) in [4.78, 5) is 26.4. The summed E-state index contributed by atoms with van der Waals surface area (Å²) in [6.07, 6.45) is 0.536. The smallest absolute Gasteiger partial charge is 0.462 e. The molecule has 1 aromatic rings. The SMILES string of the molecule is CCOC(=O)c1cc2c(s1)CC(C)[N+](C)(C(=O)OC(C)(C)C)C2. The van der Waals surface area contributed by atoms with Crippen LogP contribution < -0.4 is 0 Å². The highest BCUT2D eigenvalue weighted by molar-refractivity contribution is 7.14. The molecule has 0 saturated heterocycles. The first kappa shape index (κ1) is 17.9. The van der Waals surface area contributed by atoms with Crippen molar-refractivity contribution < 1.29 is 23.5 Å². The number of nitrogens with zero attached hydrogens (tertiary/aromatic N) is 1. The maximum atomic E-state index is 12.7. The van der Waals surface area contributed by atoms with Gasteiger partial charge in [0, 0.05) is 16.9 Å². The molecule has 1 aliphatic heterocycles. The number of ether oxygens (including phenoxy) is 2. The minimum absolute atomic E-state index is 0.103. The first-order chi connectivity index (χ1) is 10.6. The molecular formula is C17H26NO4S+. The van der Waals surface area contributed by atoms with Crippen LogP contribution in [-0.4, -0.2) is 41.8 Å². The zero-order valence-corrected chi connectivity index (χ0v) is 15.6. The number of carbonyl (C=O) groups is 2. The van der Waals surface area contributed by atoms with Crippen LogP contribution >= 0.6 is 11.3 Å². The van der Waals surface area contributed by atoms with Gasteiger partial charge in [-0.2, -0.15) is 4.79 Å². The van der Waals surface area contributed by atoms with E-state index in [1.54, 1.807) is 6.92 Å². The molecule has 0 fully saturated rings. The lowest BCUT2D eigenvalue weighted by Gasteiger charge is -2.40. The van der Waals surface area contributed by atoms with Crippen LogP contribution in [0.3, 0.4) is 0 Å². The number of hydrogen-bond donors (Lipinski definition) is 0. The van der Waals surface area contributed by atoms with Crippen LogP contribution in [0.5, 0.6) is 0 Å². The molecule has 6 heteroatoms. The summed E-state index contributed by atoms with van der Waals surface area (Å²) in [5.41, 5.74) is 0.535. The molecule has 1 aromatic heterocycles. The first-order valence-electron chi connectivity index (χ1n) is 7.94. The van der Waals surface area contributed by atoms with Crippen molar-refractivity contribution in [1.29, 1.82) is 0 Å². The highest BCUT2D eigenvalue weighted by atomic mass is 32.1. The molecule has 0 N–H and O–H groups in total. The molecule has 128 valence electrons. The van der Waals surface area contributed by atoms with Gasteiger partial charge in [-0.15, -0.1) is 11.3 Å². The van der Waals surface area contributed by atoms with E-state index in [0.29, 0.717) is 18.0 Å². The number of fused-ring (bicyclic) bond motifs is 1. The molecular weight excluding hydrogens is 314 g/mol. The fraction of sp³-hybridized carbons (Fsp3) is 0.647. The summed E-state index contributed by atoms with van der Waals surface area (Å²) >= 11 is 1.48. The van der Waals surface area contributed by atoms with Gasteiger partial charge in [-0.1, -0.05) is 0 Å². The van der Waals surface area contributed by atoms with Crippen molar-refractivity contribution in [3.05, 3.63) is 21.4 Å². The number of esters is 1. The van der Waals surface area contributed by atoms with E-state index in [1.165, 1.54) is 16.2 Å². The van der Waals surface area contributed by atoms with Gasteiger partial charge in [-0.25, -0.2) is 9.28 Å². The Bertz CT molecular complexity index is 617. The standard InChI is InChI=1S/C17H26NO4S/c1-7-21-15(19)14-9-12-10-18(6,11(2)8-13(12)23-14)16(20)22-17(3,4)5/h9,11H,7-8,10H2,1-6H3/q+1. The maximum Gasteiger partial charge on any atom is 0.516 e. The van der Waals surface area contributed by atoms with Gasteiger partial charge >= 0.3 is 12.1 Å². The molecule has 2 unspecified atom stereocenters. The van der Waals surface area contributed by atoms with Crippen LogP contribution in [0.15, 0.2) is 6.07 Å². The van der Waals surface area contributed by atoms with Crippen LogP contribution in [-0.2, 0) is 22.4 Å². The van der Waals surface area contributed by atoms with E-state index in [9.17, 15) is 9.59 Å². The minimum Gasteiger partial charge on any atom is -0.462 e. The van der Waals surface area contributed by atoms with Crippen LogP contribution in [0.1, 0.15) is 54.7 Å². The van der Waals surface area contributed by atoms with Crippen LogP contribution in [0.2, 0.25) is 0 Å². The van der Waals surface area contributed by atoms with Crippen LogP contribution in [0, 0.1) is 0 Å². The van der Waals surface area contributed by atoms with E-state index in [0.717, 1.165) is 12.0 Å². The van der Waals surface area contributed by atoms with Gasteiger partial charge in [0.05, 0.1) is 13.7 Å². The van der Waals surface area contributed by atoms with Crippen molar-refractivity contribution in [1.82, 2.24) is 0 Å². The molecule has 0 bridgehead atoms. The highest BCUT2D eigenvalue weighted by Gasteiger charge is 2.45. The zero-order chi connectivity index (χ0) is 17.4. The molecule has 2 rings (SSSR count). The molecule has 0 radical (unpaired) electrons. The van der Waals surface area contributed by atoms with Crippen molar-refractivity contribution in [2.75, 3.05) is 13.7 Å². The summed E-state index contributed by atoms with van der Waals surface area (Å²) in [7, 11) is 1.91. The first-order valence-corrected chi connectivity index (χ1v) is 8.76. The zero-order valence-electron chi connectivity index (χ0n) is 14.8. The Hall–Kier alpha value is -1.40. The molecule has 1 amide bonds. The van der Waals surface area contributed by atoms with Crippen LogP contribution in [0.4, 0.5) is 4.79 Å². The van der Waals surface area contributed by atoms with Crippen LogP contribution in [0.25, 0.3) is 0 Å². The Morgan fingerprint density at radius 1 is 1.39 bits per heavy atom. The summed E-state index contributed by atoms with van der Waals surface area (Å²) < 4.78 is 10.9. The summed E-state index contributed by atoms with van der Waals surface area (Å²) in [5.74, 6) is -0.286. The predicted octanol–water partition coefficient (Wildman–Crippen LogP) is 3.75. The molecule has 2 atom stereocenters. The lowest BCUT2D eigenvalue weighted by atomic mass is 10.0. The van der Waals surface area contributed by atoms with E-state index < -0.39 is 5.60 Å². The molecule has 0 saturated carbocycles. The Morgan fingerprint density at radius 3 is 2.61 bits per heavy atom. The second-order valence-corrected chi connectivity index (χ2v) is 8.38. The third-order valence-electron chi connectivity index (χ3n) is 4.14. The molecule has 0 spiro atoms.